The maximum Gasteiger partial charge on any atom is 0.405 e. The van der Waals surface area contributed by atoms with Crippen molar-refractivity contribution in [2.75, 3.05) is 6.61 Å². The normalized spacial score (nSPS) is 31.0. The Kier molecular flexibility index (Phi) is 7.72. The zero-order valence-corrected chi connectivity index (χ0v) is 19.9. The summed E-state index contributed by atoms with van der Waals surface area (Å²) in [5.74, 6) is -6.08. The minimum absolute atomic E-state index is 0.299. The molecule has 8 unspecified atom stereocenters. The van der Waals surface area contributed by atoms with Crippen molar-refractivity contribution in [2.45, 2.75) is 69.9 Å². The van der Waals surface area contributed by atoms with E-state index in [-0.39, 0.29) is 5.92 Å². The number of alkyl halides is 2. The number of carbonyl (C=O) groups excluding carboxylic acids is 4. The molecule has 2 bridgehead atoms. The maximum absolute atomic E-state index is 13.5. The van der Waals surface area contributed by atoms with Gasteiger partial charge in [0.05, 0.1) is 24.7 Å². The van der Waals surface area contributed by atoms with Crippen LogP contribution in [0.5, 0.6) is 0 Å². The van der Waals surface area contributed by atoms with Gasteiger partial charge in [0.25, 0.3) is 0 Å². The van der Waals surface area contributed by atoms with Gasteiger partial charge in [0.1, 0.15) is 12.2 Å². The van der Waals surface area contributed by atoms with Gasteiger partial charge in [-0.15, -0.1) is 0 Å². The van der Waals surface area contributed by atoms with E-state index in [9.17, 15) is 36.4 Å². The quantitative estimate of drug-likeness (QED) is 0.174. The van der Waals surface area contributed by atoms with E-state index in [4.69, 9.17) is 23.5 Å². The maximum atomic E-state index is 13.5. The fourth-order valence-corrected chi connectivity index (χ4v) is 5.40. The van der Waals surface area contributed by atoms with Gasteiger partial charge in [0.15, 0.2) is 12.4 Å². The minimum Gasteiger partial charge on any atom is -0.458 e. The third-order valence-corrected chi connectivity index (χ3v) is 7.45. The van der Waals surface area contributed by atoms with Crippen LogP contribution in [0.4, 0.5) is 8.78 Å². The fraction of sp³-hybridized carbons (Fsp3) is 0.800. The van der Waals surface area contributed by atoms with Crippen molar-refractivity contribution in [3.05, 3.63) is 0 Å². The topological polar surface area (TPSA) is 169 Å². The van der Waals surface area contributed by atoms with E-state index in [0.29, 0.717) is 20.0 Å². The number of rotatable bonds is 11. The third-order valence-electron chi connectivity index (χ3n) is 6.43. The molecular formula is C20H26F2O12S. The van der Waals surface area contributed by atoms with Crippen molar-refractivity contribution in [1.29, 1.82) is 0 Å². The van der Waals surface area contributed by atoms with Crippen LogP contribution >= 0.6 is 0 Å². The van der Waals surface area contributed by atoms with Gasteiger partial charge in [0.2, 0.25) is 0 Å². The summed E-state index contributed by atoms with van der Waals surface area (Å²) in [6, 6.07) is 0. The molecule has 3 fully saturated rings. The monoisotopic (exact) mass is 528 g/mol. The largest absolute Gasteiger partial charge is 0.458 e. The number of esters is 4. The Morgan fingerprint density at radius 2 is 1.77 bits per heavy atom. The van der Waals surface area contributed by atoms with E-state index in [1.165, 1.54) is 6.92 Å². The molecule has 0 amide bonds. The zero-order valence-electron chi connectivity index (χ0n) is 19.0. The van der Waals surface area contributed by atoms with E-state index in [2.05, 4.69) is 4.74 Å². The molecule has 1 aliphatic heterocycles. The molecular weight excluding hydrogens is 502 g/mol. The van der Waals surface area contributed by atoms with E-state index < -0.39 is 94.4 Å². The molecule has 3 rings (SSSR count). The van der Waals surface area contributed by atoms with Gasteiger partial charge < -0.3 is 23.7 Å². The summed E-state index contributed by atoms with van der Waals surface area (Å²) in [6.45, 7) is 4.10. The fourth-order valence-electron chi connectivity index (χ4n) is 4.93. The number of hydrogen-bond donors (Lipinski definition) is 1. The van der Waals surface area contributed by atoms with E-state index in [0.717, 1.165) is 0 Å². The molecule has 3 aliphatic rings. The van der Waals surface area contributed by atoms with Crippen LogP contribution in [0, 0.1) is 23.7 Å². The van der Waals surface area contributed by atoms with E-state index in [1.807, 2.05) is 0 Å². The van der Waals surface area contributed by atoms with Crippen molar-refractivity contribution in [2.24, 2.45) is 23.7 Å². The molecule has 2 aliphatic carbocycles. The second-order valence-electron chi connectivity index (χ2n) is 8.60. The number of halogens is 2. The van der Waals surface area contributed by atoms with E-state index in [1.54, 1.807) is 6.92 Å². The highest BCUT2D eigenvalue weighted by molar-refractivity contribution is 7.86. The Morgan fingerprint density at radius 1 is 1.14 bits per heavy atom. The van der Waals surface area contributed by atoms with Crippen molar-refractivity contribution in [1.82, 2.24) is 0 Å². The molecule has 1 N–H and O–H groups in total. The van der Waals surface area contributed by atoms with E-state index >= 15 is 0 Å². The van der Waals surface area contributed by atoms with Gasteiger partial charge in [-0.2, -0.15) is 17.2 Å². The van der Waals surface area contributed by atoms with Gasteiger partial charge in [-0.1, -0.05) is 0 Å². The lowest BCUT2D eigenvalue weighted by Crippen LogP contribution is -2.44. The highest BCUT2D eigenvalue weighted by atomic mass is 32.2. The summed E-state index contributed by atoms with van der Waals surface area (Å²) in [5, 5.41) is -4.74. The van der Waals surface area contributed by atoms with Gasteiger partial charge in [0, 0.05) is 18.4 Å². The van der Waals surface area contributed by atoms with Crippen LogP contribution in [0.2, 0.25) is 0 Å². The lowest BCUT2D eigenvalue weighted by atomic mass is 9.78. The summed E-state index contributed by atoms with van der Waals surface area (Å²) in [5.41, 5.74) is 0. The highest BCUT2D eigenvalue weighted by Crippen LogP contribution is 2.59. The van der Waals surface area contributed by atoms with Crippen LogP contribution in [0.15, 0.2) is 0 Å². The van der Waals surface area contributed by atoms with Crippen molar-refractivity contribution >= 4 is 34.0 Å². The summed E-state index contributed by atoms with van der Waals surface area (Å²) in [6.07, 6.45) is -6.03. The minimum atomic E-state index is -5.82. The van der Waals surface area contributed by atoms with Gasteiger partial charge in [-0.25, -0.2) is 0 Å². The average molecular weight is 528 g/mol. The molecule has 198 valence electrons. The molecule has 2 saturated carbocycles. The molecule has 15 heteroatoms. The first-order chi connectivity index (χ1) is 16.2. The van der Waals surface area contributed by atoms with Gasteiger partial charge in [-0.3, -0.25) is 23.7 Å². The van der Waals surface area contributed by atoms with Crippen molar-refractivity contribution < 1.29 is 64.6 Å². The van der Waals surface area contributed by atoms with Crippen LogP contribution in [-0.4, -0.2) is 73.3 Å². The average Bonchev–Trinajstić information content (AvgIpc) is 3.35. The first kappa shape index (κ1) is 27.2. The summed E-state index contributed by atoms with van der Waals surface area (Å²) in [7, 11) is -5.82. The molecule has 1 heterocycles. The Morgan fingerprint density at radius 3 is 2.37 bits per heavy atom. The SMILES string of the molecule is CCOC(C)OC(=O)C1C2CC3C(OC(=O)C31)C2OC(=O)CCC(=O)OC(C)C(F)(F)S(=O)(=O)O. The number of carbonyl (C=O) groups is 4. The molecule has 0 aromatic heterocycles. The Labute approximate surface area is 199 Å². The third kappa shape index (κ3) is 5.26. The summed E-state index contributed by atoms with van der Waals surface area (Å²) >= 11 is 0. The number of ether oxygens (including phenoxy) is 5. The number of fused-ring (bicyclic) bond motifs is 1. The predicted molar refractivity (Wildman–Crippen MR) is 107 cm³/mol. The van der Waals surface area contributed by atoms with Crippen LogP contribution < -0.4 is 0 Å². The smallest absolute Gasteiger partial charge is 0.405 e. The summed E-state index contributed by atoms with van der Waals surface area (Å²) in [4.78, 5) is 49.2. The predicted octanol–water partition coefficient (Wildman–Crippen LogP) is 0.824. The number of hydrogen-bond acceptors (Lipinski definition) is 11. The van der Waals surface area contributed by atoms with Crippen LogP contribution in [-0.2, 0) is 53.0 Å². The molecule has 1 saturated heterocycles. The summed E-state index contributed by atoms with van der Waals surface area (Å²) < 4.78 is 82.4. The Balaban J connectivity index is 1.57. The Hall–Kier alpha value is -2.39. The van der Waals surface area contributed by atoms with Gasteiger partial charge >= 0.3 is 39.2 Å². The molecule has 0 aromatic carbocycles. The van der Waals surface area contributed by atoms with Crippen molar-refractivity contribution in [3.8, 4) is 0 Å². The lowest BCUT2D eigenvalue weighted by Gasteiger charge is -2.30. The van der Waals surface area contributed by atoms with Crippen molar-refractivity contribution in [3.63, 3.8) is 0 Å². The zero-order chi connectivity index (χ0) is 26.3. The molecule has 0 aromatic rings. The molecule has 8 atom stereocenters. The second-order valence-corrected chi connectivity index (χ2v) is 10.1. The van der Waals surface area contributed by atoms with Crippen LogP contribution in [0.3, 0.4) is 0 Å². The molecule has 0 radical (unpaired) electrons. The Bertz CT molecular complexity index is 983. The van der Waals surface area contributed by atoms with Crippen LogP contribution in [0.1, 0.15) is 40.0 Å². The first-order valence-corrected chi connectivity index (χ1v) is 12.4. The lowest BCUT2D eigenvalue weighted by molar-refractivity contribution is -0.186. The van der Waals surface area contributed by atoms with Crippen LogP contribution in [0.25, 0.3) is 0 Å². The standard InChI is InChI=1S/C20H26F2O12S/c1-4-30-9(3)32-18(25)14-10-7-11-15(14)19(26)34-17(11)16(10)33-13(24)6-5-12(23)31-8(2)20(21,22)35(27,28)29/h8-11,14-17H,4-7H2,1-3H3,(H,27,28,29). The molecule has 12 nitrogen and oxygen atoms in total. The molecule has 35 heavy (non-hydrogen) atoms. The molecule has 0 spiro atoms. The van der Waals surface area contributed by atoms with Gasteiger partial charge in [-0.05, 0) is 27.2 Å². The second kappa shape index (κ2) is 9.93. The first-order valence-electron chi connectivity index (χ1n) is 10.9. The highest BCUT2D eigenvalue weighted by Gasteiger charge is 2.70.